The lowest BCUT2D eigenvalue weighted by molar-refractivity contribution is -0.274. The van der Waals surface area contributed by atoms with Gasteiger partial charge < -0.3 is 4.74 Å². The molecule has 7 heteroatoms. The fourth-order valence-electron chi connectivity index (χ4n) is 1.87. The molecule has 20 heavy (non-hydrogen) atoms. The van der Waals surface area contributed by atoms with Crippen LogP contribution in [0.25, 0.3) is 22.2 Å². The molecule has 1 N–H and O–H groups in total. The average Bonchev–Trinajstić information content (AvgIpc) is 2.84. The van der Waals surface area contributed by atoms with E-state index in [1.807, 2.05) is 0 Å². The van der Waals surface area contributed by atoms with Crippen LogP contribution in [0.15, 0.2) is 42.7 Å². The summed E-state index contributed by atoms with van der Waals surface area (Å²) >= 11 is 0. The van der Waals surface area contributed by atoms with Gasteiger partial charge in [0.2, 0.25) is 0 Å². The second-order valence-corrected chi connectivity index (χ2v) is 4.11. The Bertz CT molecular complexity index is 752. The van der Waals surface area contributed by atoms with Crippen LogP contribution in [0.2, 0.25) is 0 Å². The summed E-state index contributed by atoms with van der Waals surface area (Å²) in [7, 11) is 0. The van der Waals surface area contributed by atoms with E-state index in [4.69, 9.17) is 0 Å². The molecule has 3 aromatic rings. The standard InChI is InChI=1S/C13H8F3N3O/c14-13(15,16)20-11-3-1-2-8(5-11)9-4-10-7-18-19-12(10)17-6-9/h1-7H,(H,17,18,19). The maximum absolute atomic E-state index is 12.2. The summed E-state index contributed by atoms with van der Waals surface area (Å²) in [6.07, 6.45) is -1.54. The molecule has 0 atom stereocenters. The Hall–Kier alpha value is -2.57. The van der Waals surface area contributed by atoms with Gasteiger partial charge in [-0.05, 0) is 23.8 Å². The van der Waals surface area contributed by atoms with Gasteiger partial charge in [0.15, 0.2) is 5.65 Å². The van der Waals surface area contributed by atoms with E-state index in [0.29, 0.717) is 16.8 Å². The highest BCUT2D eigenvalue weighted by Crippen LogP contribution is 2.28. The van der Waals surface area contributed by atoms with Gasteiger partial charge in [-0.15, -0.1) is 13.2 Å². The van der Waals surface area contributed by atoms with E-state index in [2.05, 4.69) is 19.9 Å². The number of pyridine rings is 1. The third-order valence-electron chi connectivity index (χ3n) is 2.69. The first-order valence-electron chi connectivity index (χ1n) is 5.66. The highest BCUT2D eigenvalue weighted by Gasteiger charge is 2.31. The van der Waals surface area contributed by atoms with Crippen molar-refractivity contribution in [2.24, 2.45) is 0 Å². The molecule has 0 aliphatic rings. The van der Waals surface area contributed by atoms with Crippen molar-refractivity contribution in [3.63, 3.8) is 0 Å². The van der Waals surface area contributed by atoms with Gasteiger partial charge in [0.1, 0.15) is 5.75 Å². The Morgan fingerprint density at radius 2 is 1.90 bits per heavy atom. The van der Waals surface area contributed by atoms with Gasteiger partial charge in [-0.1, -0.05) is 12.1 Å². The molecule has 0 radical (unpaired) electrons. The number of rotatable bonds is 2. The molecule has 0 saturated heterocycles. The number of hydrogen-bond donors (Lipinski definition) is 1. The van der Waals surface area contributed by atoms with Gasteiger partial charge in [-0.3, -0.25) is 5.10 Å². The molecule has 4 nitrogen and oxygen atoms in total. The summed E-state index contributed by atoms with van der Waals surface area (Å²) in [5.74, 6) is -0.262. The summed E-state index contributed by atoms with van der Waals surface area (Å²) in [5.41, 5.74) is 1.89. The maximum atomic E-state index is 12.2. The number of H-pyrrole nitrogens is 1. The van der Waals surface area contributed by atoms with Crippen LogP contribution in [0, 0.1) is 0 Å². The van der Waals surface area contributed by atoms with E-state index < -0.39 is 6.36 Å². The average molecular weight is 279 g/mol. The number of fused-ring (bicyclic) bond motifs is 1. The molecule has 2 heterocycles. The molecule has 0 fully saturated rings. The first-order chi connectivity index (χ1) is 9.51. The zero-order valence-electron chi connectivity index (χ0n) is 9.98. The normalized spacial score (nSPS) is 11.8. The Labute approximate surface area is 111 Å². The number of ether oxygens (including phenoxy) is 1. The Morgan fingerprint density at radius 3 is 2.70 bits per heavy atom. The van der Waals surface area contributed by atoms with Crippen LogP contribution in [-0.2, 0) is 0 Å². The second kappa shape index (κ2) is 4.52. The SMILES string of the molecule is FC(F)(F)Oc1cccc(-c2cnc3[nH]ncc3c2)c1. The van der Waals surface area contributed by atoms with Gasteiger partial charge in [-0.25, -0.2) is 4.98 Å². The molecule has 0 unspecified atom stereocenters. The molecule has 0 aliphatic heterocycles. The number of benzene rings is 1. The van der Waals surface area contributed by atoms with Crippen molar-refractivity contribution in [1.29, 1.82) is 0 Å². The fourth-order valence-corrected chi connectivity index (χ4v) is 1.87. The minimum atomic E-state index is -4.70. The van der Waals surface area contributed by atoms with Crippen LogP contribution in [0.4, 0.5) is 13.2 Å². The number of hydrogen-bond acceptors (Lipinski definition) is 3. The van der Waals surface area contributed by atoms with Crippen LogP contribution in [0.1, 0.15) is 0 Å². The molecule has 2 aromatic heterocycles. The van der Waals surface area contributed by atoms with Crippen molar-refractivity contribution in [2.75, 3.05) is 0 Å². The number of aromatic nitrogens is 3. The first kappa shape index (κ1) is 12.5. The third kappa shape index (κ3) is 2.56. The van der Waals surface area contributed by atoms with Crippen molar-refractivity contribution in [1.82, 2.24) is 15.2 Å². The van der Waals surface area contributed by atoms with E-state index >= 15 is 0 Å². The number of halogens is 3. The Balaban J connectivity index is 1.98. The van der Waals surface area contributed by atoms with Crippen LogP contribution in [0.5, 0.6) is 5.75 Å². The van der Waals surface area contributed by atoms with Crippen molar-refractivity contribution < 1.29 is 17.9 Å². The summed E-state index contributed by atoms with van der Waals surface area (Å²) in [5, 5.41) is 7.33. The second-order valence-electron chi connectivity index (χ2n) is 4.11. The molecule has 0 aliphatic carbocycles. The number of nitrogens with one attached hydrogen (secondary N) is 1. The molecule has 1 aromatic carbocycles. The number of alkyl halides is 3. The minimum absolute atomic E-state index is 0.262. The molecule has 0 spiro atoms. The molecule has 0 saturated carbocycles. The zero-order chi connectivity index (χ0) is 14.2. The highest BCUT2D eigenvalue weighted by atomic mass is 19.4. The van der Waals surface area contributed by atoms with Crippen molar-refractivity contribution in [3.8, 4) is 16.9 Å². The lowest BCUT2D eigenvalue weighted by Gasteiger charge is -2.10. The molecule has 3 rings (SSSR count). The van der Waals surface area contributed by atoms with Crippen molar-refractivity contribution in [2.45, 2.75) is 6.36 Å². The zero-order valence-corrected chi connectivity index (χ0v) is 9.98. The summed E-state index contributed by atoms with van der Waals surface area (Å²) in [6.45, 7) is 0. The molecule has 0 bridgehead atoms. The van der Waals surface area contributed by atoms with Gasteiger partial charge in [0.05, 0.1) is 6.20 Å². The quantitative estimate of drug-likeness (QED) is 0.780. The highest BCUT2D eigenvalue weighted by molar-refractivity contribution is 5.80. The van der Waals surface area contributed by atoms with Gasteiger partial charge in [-0.2, -0.15) is 5.10 Å². The van der Waals surface area contributed by atoms with Gasteiger partial charge in [0, 0.05) is 17.1 Å². The van der Waals surface area contributed by atoms with Gasteiger partial charge >= 0.3 is 6.36 Å². The van der Waals surface area contributed by atoms with Crippen LogP contribution in [-0.4, -0.2) is 21.5 Å². The monoisotopic (exact) mass is 279 g/mol. The lowest BCUT2D eigenvalue weighted by atomic mass is 10.1. The van der Waals surface area contributed by atoms with E-state index in [1.54, 1.807) is 24.5 Å². The minimum Gasteiger partial charge on any atom is -0.406 e. The van der Waals surface area contributed by atoms with Crippen molar-refractivity contribution in [3.05, 3.63) is 42.7 Å². The van der Waals surface area contributed by atoms with Crippen LogP contribution < -0.4 is 4.74 Å². The van der Waals surface area contributed by atoms with E-state index in [1.165, 1.54) is 18.2 Å². The topological polar surface area (TPSA) is 50.8 Å². The summed E-state index contributed by atoms with van der Waals surface area (Å²) < 4.78 is 40.5. The van der Waals surface area contributed by atoms with Gasteiger partial charge in [0.25, 0.3) is 0 Å². The summed E-state index contributed by atoms with van der Waals surface area (Å²) in [6, 6.07) is 7.54. The van der Waals surface area contributed by atoms with Crippen molar-refractivity contribution >= 4 is 11.0 Å². The largest absolute Gasteiger partial charge is 0.573 e. The number of aromatic amines is 1. The number of nitrogens with zero attached hydrogens (tertiary/aromatic N) is 2. The lowest BCUT2D eigenvalue weighted by Crippen LogP contribution is -2.17. The van der Waals surface area contributed by atoms with Crippen LogP contribution in [0.3, 0.4) is 0 Å². The van der Waals surface area contributed by atoms with E-state index in [0.717, 1.165) is 5.39 Å². The summed E-state index contributed by atoms with van der Waals surface area (Å²) in [4.78, 5) is 4.14. The van der Waals surface area contributed by atoms with E-state index in [-0.39, 0.29) is 5.75 Å². The van der Waals surface area contributed by atoms with E-state index in [9.17, 15) is 13.2 Å². The molecular formula is C13H8F3N3O. The smallest absolute Gasteiger partial charge is 0.406 e. The fraction of sp³-hybridized carbons (Fsp3) is 0.0769. The maximum Gasteiger partial charge on any atom is 0.573 e. The first-order valence-corrected chi connectivity index (χ1v) is 5.66. The predicted octanol–water partition coefficient (Wildman–Crippen LogP) is 3.52. The third-order valence-corrected chi connectivity index (χ3v) is 2.69. The van der Waals surface area contributed by atoms with Crippen LogP contribution >= 0.6 is 0 Å². The predicted molar refractivity (Wildman–Crippen MR) is 66.0 cm³/mol. The Morgan fingerprint density at radius 1 is 1.05 bits per heavy atom. The molecule has 0 amide bonds. The molecular weight excluding hydrogens is 271 g/mol. The Kier molecular flexibility index (Phi) is 2.81. The molecule has 102 valence electrons.